The number of aromatic nitrogens is 3. The van der Waals surface area contributed by atoms with Crippen molar-refractivity contribution >= 4 is 28.5 Å². The highest BCUT2D eigenvalue weighted by molar-refractivity contribution is 6.12. The fourth-order valence-electron chi connectivity index (χ4n) is 3.34. The Balaban J connectivity index is 1.64. The molecule has 5 rings (SSSR count). The summed E-state index contributed by atoms with van der Waals surface area (Å²) in [7, 11) is 1.59. The molecule has 142 valence electrons. The van der Waals surface area contributed by atoms with Crippen LogP contribution in [0.2, 0.25) is 0 Å². The van der Waals surface area contributed by atoms with Gasteiger partial charge in [0.2, 0.25) is 11.7 Å². The van der Waals surface area contributed by atoms with Crippen LogP contribution in [0, 0.1) is 0 Å². The zero-order chi connectivity index (χ0) is 19.8. The molecule has 0 aliphatic carbocycles. The average Bonchev–Trinajstić information content (AvgIpc) is 3.35. The highest BCUT2D eigenvalue weighted by atomic mass is 16.5. The Morgan fingerprint density at radius 2 is 1.86 bits per heavy atom. The maximum absolute atomic E-state index is 13.2. The van der Waals surface area contributed by atoms with Gasteiger partial charge in [0.15, 0.2) is 5.65 Å². The van der Waals surface area contributed by atoms with Crippen molar-refractivity contribution in [2.24, 2.45) is 0 Å². The molecule has 29 heavy (non-hydrogen) atoms. The van der Waals surface area contributed by atoms with Crippen molar-refractivity contribution in [3.8, 4) is 16.9 Å². The number of carbonyl (C=O) groups is 1. The van der Waals surface area contributed by atoms with Gasteiger partial charge >= 0.3 is 0 Å². The number of benzene rings is 2. The summed E-state index contributed by atoms with van der Waals surface area (Å²) in [5.41, 5.74) is 2.81. The fourth-order valence-corrected chi connectivity index (χ4v) is 3.34. The summed E-state index contributed by atoms with van der Waals surface area (Å²) in [4.78, 5) is 13.2. The van der Waals surface area contributed by atoms with E-state index < -0.39 is 5.91 Å². The molecule has 0 saturated carbocycles. The van der Waals surface area contributed by atoms with E-state index in [0.29, 0.717) is 22.9 Å². The first kappa shape index (κ1) is 17.0. The van der Waals surface area contributed by atoms with Crippen LogP contribution in [0.1, 0.15) is 10.6 Å². The lowest BCUT2D eigenvalue weighted by molar-refractivity contribution is 0.0998. The second-order valence-electron chi connectivity index (χ2n) is 6.44. The van der Waals surface area contributed by atoms with Crippen molar-refractivity contribution < 1.29 is 13.9 Å². The van der Waals surface area contributed by atoms with E-state index in [4.69, 9.17) is 9.15 Å². The van der Waals surface area contributed by atoms with E-state index in [0.717, 1.165) is 16.5 Å². The number of carbonyl (C=O) groups excluding carboxylic acids is 1. The lowest BCUT2D eigenvalue weighted by atomic mass is 10.0. The van der Waals surface area contributed by atoms with Crippen molar-refractivity contribution in [3.63, 3.8) is 0 Å². The molecule has 0 unspecified atom stereocenters. The van der Waals surface area contributed by atoms with E-state index in [2.05, 4.69) is 15.5 Å². The van der Waals surface area contributed by atoms with Crippen molar-refractivity contribution in [2.75, 3.05) is 12.4 Å². The Kier molecular flexibility index (Phi) is 3.98. The summed E-state index contributed by atoms with van der Waals surface area (Å²) >= 11 is 0. The number of anilines is 1. The largest absolute Gasteiger partial charge is 0.497 e. The zero-order valence-corrected chi connectivity index (χ0v) is 15.5. The standard InChI is InChI=1S/C22H16N4O3/c1-28-15-10-11-16-17(13-15)29-20(19(16)14-7-3-2-4-8-14)21(27)23-22-25-24-18-9-5-6-12-26(18)22/h2-13H,1H3,(H,23,25,27). The van der Waals surface area contributed by atoms with Crippen molar-refractivity contribution in [1.29, 1.82) is 0 Å². The van der Waals surface area contributed by atoms with Crippen LogP contribution < -0.4 is 10.1 Å². The molecule has 0 bridgehead atoms. The van der Waals surface area contributed by atoms with E-state index >= 15 is 0 Å². The molecule has 2 aromatic carbocycles. The van der Waals surface area contributed by atoms with Crippen LogP contribution in [0.15, 0.2) is 77.3 Å². The monoisotopic (exact) mass is 384 g/mol. The Morgan fingerprint density at radius 1 is 1.03 bits per heavy atom. The quantitative estimate of drug-likeness (QED) is 0.497. The van der Waals surface area contributed by atoms with Crippen LogP contribution >= 0.6 is 0 Å². The Morgan fingerprint density at radius 3 is 2.69 bits per heavy atom. The van der Waals surface area contributed by atoms with Gasteiger partial charge < -0.3 is 9.15 Å². The number of nitrogens with one attached hydrogen (secondary N) is 1. The van der Waals surface area contributed by atoms with Gasteiger partial charge in [-0.25, -0.2) is 0 Å². The molecule has 7 heteroatoms. The highest BCUT2D eigenvalue weighted by Crippen LogP contribution is 2.36. The molecule has 3 heterocycles. The van der Waals surface area contributed by atoms with Crippen LogP contribution in [-0.2, 0) is 0 Å². The second-order valence-corrected chi connectivity index (χ2v) is 6.44. The minimum absolute atomic E-state index is 0.201. The summed E-state index contributed by atoms with van der Waals surface area (Å²) in [6.45, 7) is 0. The molecule has 0 aliphatic rings. The second kappa shape index (κ2) is 6.79. The molecular weight excluding hydrogens is 368 g/mol. The number of ether oxygens (including phenoxy) is 1. The average molecular weight is 384 g/mol. The lowest BCUT2D eigenvalue weighted by Gasteiger charge is -2.05. The molecular formula is C22H16N4O3. The van der Waals surface area contributed by atoms with Crippen molar-refractivity contribution in [3.05, 3.63) is 78.7 Å². The maximum atomic E-state index is 13.2. The number of nitrogens with zero attached hydrogens (tertiary/aromatic N) is 3. The van der Waals surface area contributed by atoms with Crippen LogP contribution in [0.5, 0.6) is 5.75 Å². The van der Waals surface area contributed by atoms with Gasteiger partial charge in [0.25, 0.3) is 5.91 Å². The third-order valence-electron chi connectivity index (χ3n) is 4.70. The van der Waals surface area contributed by atoms with E-state index in [1.807, 2.05) is 60.7 Å². The van der Waals surface area contributed by atoms with E-state index in [1.165, 1.54) is 0 Å². The number of fused-ring (bicyclic) bond motifs is 2. The van der Waals surface area contributed by atoms with Gasteiger partial charge in [-0.15, -0.1) is 10.2 Å². The summed E-state index contributed by atoms with van der Waals surface area (Å²) in [5.74, 6) is 0.772. The van der Waals surface area contributed by atoms with Gasteiger partial charge in [-0.05, 0) is 29.8 Å². The van der Waals surface area contributed by atoms with Gasteiger partial charge in [-0.3, -0.25) is 14.5 Å². The maximum Gasteiger partial charge on any atom is 0.294 e. The van der Waals surface area contributed by atoms with Crippen LogP contribution in [0.3, 0.4) is 0 Å². The Labute approximate surface area is 165 Å². The summed E-state index contributed by atoms with van der Waals surface area (Å²) in [6, 6.07) is 20.7. The number of amides is 1. The molecule has 1 amide bonds. The molecule has 0 saturated heterocycles. The number of hydrogen-bond donors (Lipinski definition) is 1. The topological polar surface area (TPSA) is 81.7 Å². The van der Waals surface area contributed by atoms with E-state index in [1.54, 1.807) is 23.8 Å². The van der Waals surface area contributed by atoms with Gasteiger partial charge in [0, 0.05) is 23.2 Å². The molecule has 0 aliphatic heterocycles. The molecule has 5 aromatic rings. The molecule has 3 aromatic heterocycles. The third-order valence-corrected chi connectivity index (χ3v) is 4.70. The predicted molar refractivity (Wildman–Crippen MR) is 109 cm³/mol. The highest BCUT2D eigenvalue weighted by Gasteiger charge is 2.23. The van der Waals surface area contributed by atoms with Gasteiger partial charge in [-0.2, -0.15) is 0 Å². The van der Waals surface area contributed by atoms with E-state index in [9.17, 15) is 4.79 Å². The molecule has 0 spiro atoms. The number of pyridine rings is 1. The van der Waals surface area contributed by atoms with Gasteiger partial charge in [0.1, 0.15) is 11.3 Å². The third kappa shape index (κ3) is 2.89. The number of methoxy groups -OCH3 is 1. The Bertz CT molecular complexity index is 1340. The first-order chi connectivity index (χ1) is 14.2. The van der Waals surface area contributed by atoms with Gasteiger partial charge in [0.05, 0.1) is 7.11 Å². The van der Waals surface area contributed by atoms with Crippen LogP contribution in [0.25, 0.3) is 27.7 Å². The summed E-state index contributed by atoms with van der Waals surface area (Å²) < 4.78 is 13.0. The van der Waals surface area contributed by atoms with E-state index in [-0.39, 0.29) is 5.76 Å². The zero-order valence-electron chi connectivity index (χ0n) is 15.5. The first-order valence-electron chi connectivity index (χ1n) is 9.01. The smallest absolute Gasteiger partial charge is 0.294 e. The fraction of sp³-hybridized carbons (Fsp3) is 0.0455. The summed E-state index contributed by atoms with van der Waals surface area (Å²) in [5, 5.41) is 11.8. The van der Waals surface area contributed by atoms with Gasteiger partial charge in [-0.1, -0.05) is 36.4 Å². The summed E-state index contributed by atoms with van der Waals surface area (Å²) in [6.07, 6.45) is 1.78. The molecule has 1 N–H and O–H groups in total. The Hall–Kier alpha value is -4.13. The molecule has 0 radical (unpaired) electrons. The number of hydrogen-bond acceptors (Lipinski definition) is 5. The normalized spacial score (nSPS) is 11.1. The van der Waals surface area contributed by atoms with Crippen molar-refractivity contribution in [2.45, 2.75) is 0 Å². The lowest BCUT2D eigenvalue weighted by Crippen LogP contribution is -2.14. The number of rotatable bonds is 4. The first-order valence-corrected chi connectivity index (χ1v) is 9.01. The molecule has 0 fully saturated rings. The minimum Gasteiger partial charge on any atom is -0.497 e. The van der Waals surface area contributed by atoms with Crippen molar-refractivity contribution in [1.82, 2.24) is 14.6 Å². The predicted octanol–water partition coefficient (Wildman–Crippen LogP) is 4.40. The van der Waals surface area contributed by atoms with Crippen LogP contribution in [0.4, 0.5) is 5.95 Å². The number of furan rings is 1. The molecule has 0 atom stereocenters. The molecule has 7 nitrogen and oxygen atoms in total. The minimum atomic E-state index is -0.405. The SMILES string of the molecule is COc1ccc2c(-c3ccccc3)c(C(=O)Nc3nnc4ccccn34)oc2c1. The van der Waals surface area contributed by atoms with Crippen LogP contribution in [-0.4, -0.2) is 27.6 Å².